The number of amides is 1. The van der Waals surface area contributed by atoms with Gasteiger partial charge in [-0.2, -0.15) is 0 Å². The summed E-state index contributed by atoms with van der Waals surface area (Å²) >= 11 is 5.97. The Hall–Kier alpha value is -3.24. The molecule has 2 aliphatic heterocycles. The molecule has 0 aromatic heterocycles. The first kappa shape index (κ1) is 33.1. The molecular weight excluding hydrogens is 614 g/mol. The number of rotatable bonds is 9. The number of halogens is 1. The van der Waals surface area contributed by atoms with Gasteiger partial charge in [0, 0.05) is 10.6 Å². The van der Waals surface area contributed by atoms with Crippen LogP contribution in [0.2, 0.25) is 5.02 Å². The highest BCUT2D eigenvalue weighted by atomic mass is 35.5. The number of aliphatic hydroxyl groups excluding tert-OH is 5. The maximum atomic E-state index is 12.9. The largest absolute Gasteiger partial charge is 0.504 e. The second kappa shape index (κ2) is 14.0. The van der Waals surface area contributed by atoms with Crippen molar-refractivity contribution in [2.75, 3.05) is 13.4 Å². The second-order valence-corrected chi connectivity index (χ2v) is 11.6. The number of phenols is 1. The van der Waals surface area contributed by atoms with Gasteiger partial charge < -0.3 is 59.6 Å². The Kier molecular flexibility index (Phi) is 10.3. The van der Waals surface area contributed by atoms with Crippen molar-refractivity contribution in [3.05, 3.63) is 70.3 Å². The Morgan fingerprint density at radius 2 is 1.71 bits per heavy atom. The number of ether oxygens (including phenoxy) is 5. The molecule has 14 heteroatoms. The summed E-state index contributed by atoms with van der Waals surface area (Å²) in [5.41, 5.74) is 1.18. The summed E-state index contributed by atoms with van der Waals surface area (Å²) in [5, 5.41) is 66.2. The summed E-state index contributed by atoms with van der Waals surface area (Å²) in [4.78, 5) is 12.9. The van der Waals surface area contributed by atoms with E-state index in [1.54, 1.807) is 43.3 Å². The second-order valence-electron chi connectivity index (χ2n) is 11.1. The molecule has 3 aliphatic rings. The average Bonchev–Trinajstić information content (AvgIpc) is 3.61. The number of carbonyl (C=O) groups is 1. The van der Waals surface area contributed by atoms with Gasteiger partial charge in [-0.25, -0.2) is 0 Å². The Bertz CT molecular complexity index is 1440. The van der Waals surface area contributed by atoms with Gasteiger partial charge in [-0.05, 0) is 67.5 Å². The number of carbonyl (C=O) groups excluding carboxylic acids is 1. The molecule has 2 saturated heterocycles. The highest BCUT2D eigenvalue weighted by molar-refractivity contribution is 6.30. The van der Waals surface area contributed by atoms with Gasteiger partial charge >= 0.3 is 0 Å². The van der Waals surface area contributed by atoms with Crippen LogP contribution in [0.15, 0.2) is 59.7 Å². The standard InChI is InChI=1S/C31H36ClNO12/c1-14(8-9-41-18-5-3-4-17(32)12-18)27-25(38)26(39)31(45-27)44-20-7-6-16(11-19(20)34)10-15(2)30(40)33-21-22(35)24(37)29-28(23(21)36)42-13-43-29/h3-8,10-12,21-29,31,34-39H,9,13H2,1-2H3,(H,33,40)/t21-,22+,23-,24-,25+,26+,27-,28+,29-,31-/m1/s1. The van der Waals surface area contributed by atoms with Crippen LogP contribution in [0.3, 0.4) is 0 Å². The zero-order valence-electron chi connectivity index (χ0n) is 24.4. The van der Waals surface area contributed by atoms with E-state index < -0.39 is 67.1 Å². The van der Waals surface area contributed by atoms with Gasteiger partial charge in [0.25, 0.3) is 0 Å². The van der Waals surface area contributed by atoms with E-state index in [0.717, 1.165) is 0 Å². The lowest BCUT2D eigenvalue weighted by atomic mass is 9.83. The molecule has 7 N–H and O–H groups in total. The Balaban J connectivity index is 1.18. The van der Waals surface area contributed by atoms with Crippen LogP contribution in [-0.4, -0.2) is 111 Å². The minimum absolute atomic E-state index is 0.0344. The van der Waals surface area contributed by atoms with Crippen molar-refractivity contribution in [3.63, 3.8) is 0 Å². The third kappa shape index (κ3) is 7.27. The SMILES string of the molecule is CC(=Cc1ccc(O[C@@H]2O[C@H](C(C)=CCOc3cccc(Cl)c3)[C@@H](O)[C@@H]2O)c(O)c1)C(=O)N[C@@H]1[C@H](O)[C@@H](O)[C@H]2OCO[C@H]2[C@@H]1O. The van der Waals surface area contributed by atoms with Crippen LogP contribution in [0.5, 0.6) is 17.2 Å². The van der Waals surface area contributed by atoms with Gasteiger partial charge in [0.2, 0.25) is 12.2 Å². The molecule has 0 bridgehead atoms. The highest BCUT2D eigenvalue weighted by Gasteiger charge is 2.53. The fourth-order valence-electron chi connectivity index (χ4n) is 5.45. The molecule has 2 aromatic carbocycles. The van der Waals surface area contributed by atoms with Crippen molar-refractivity contribution in [1.82, 2.24) is 5.32 Å². The summed E-state index contributed by atoms with van der Waals surface area (Å²) in [6.45, 7) is 3.23. The van der Waals surface area contributed by atoms with E-state index in [9.17, 15) is 35.4 Å². The summed E-state index contributed by atoms with van der Waals surface area (Å²) in [7, 11) is 0. The molecule has 3 fully saturated rings. The maximum absolute atomic E-state index is 12.9. The summed E-state index contributed by atoms with van der Waals surface area (Å²) in [6.07, 6.45) is -7.74. The predicted octanol–water partition coefficient (Wildman–Crippen LogP) is 0.622. The van der Waals surface area contributed by atoms with Crippen molar-refractivity contribution in [3.8, 4) is 17.2 Å². The Labute approximate surface area is 263 Å². The molecule has 10 atom stereocenters. The summed E-state index contributed by atoms with van der Waals surface area (Å²) < 4.78 is 27.6. The minimum Gasteiger partial charge on any atom is -0.504 e. The summed E-state index contributed by atoms with van der Waals surface area (Å²) in [5.74, 6) is -0.419. The van der Waals surface area contributed by atoms with E-state index >= 15 is 0 Å². The smallest absolute Gasteiger partial charge is 0.247 e. The number of hydrogen-bond acceptors (Lipinski definition) is 12. The number of phenolic OH excluding ortho intramolecular Hbond substituents is 1. The van der Waals surface area contributed by atoms with Crippen molar-refractivity contribution in [2.24, 2.45) is 0 Å². The van der Waals surface area contributed by atoms with Crippen molar-refractivity contribution in [1.29, 1.82) is 0 Å². The topological polar surface area (TPSA) is 197 Å². The zero-order valence-corrected chi connectivity index (χ0v) is 25.2. The number of hydrogen-bond donors (Lipinski definition) is 7. The summed E-state index contributed by atoms with van der Waals surface area (Å²) in [6, 6.07) is 9.96. The lowest BCUT2D eigenvalue weighted by Crippen LogP contribution is -2.67. The van der Waals surface area contributed by atoms with E-state index in [2.05, 4.69) is 5.32 Å². The highest BCUT2D eigenvalue weighted by Crippen LogP contribution is 2.34. The first-order chi connectivity index (χ1) is 21.4. The van der Waals surface area contributed by atoms with Crippen LogP contribution in [-0.2, 0) is 19.0 Å². The maximum Gasteiger partial charge on any atom is 0.247 e. The number of aliphatic hydroxyl groups is 5. The van der Waals surface area contributed by atoms with Gasteiger partial charge in [0.05, 0.1) is 6.04 Å². The first-order valence-electron chi connectivity index (χ1n) is 14.3. The van der Waals surface area contributed by atoms with Crippen molar-refractivity contribution < 1.29 is 59.1 Å². The van der Waals surface area contributed by atoms with Gasteiger partial charge in [-0.3, -0.25) is 4.79 Å². The number of nitrogens with one attached hydrogen (secondary N) is 1. The molecule has 2 heterocycles. The van der Waals surface area contributed by atoms with Crippen molar-refractivity contribution in [2.45, 2.75) is 75.0 Å². The van der Waals surface area contributed by atoms with E-state index in [-0.39, 0.29) is 30.5 Å². The molecule has 0 radical (unpaired) electrons. The molecule has 1 amide bonds. The first-order valence-corrected chi connectivity index (χ1v) is 14.6. The molecule has 1 aliphatic carbocycles. The van der Waals surface area contributed by atoms with Crippen LogP contribution >= 0.6 is 11.6 Å². The number of aromatic hydroxyl groups is 1. The van der Waals surface area contributed by atoms with Crippen LogP contribution in [0.4, 0.5) is 0 Å². The lowest BCUT2D eigenvalue weighted by molar-refractivity contribution is -0.155. The molecule has 1 saturated carbocycles. The molecule has 0 unspecified atom stereocenters. The quantitative estimate of drug-likeness (QED) is 0.148. The van der Waals surface area contributed by atoms with Crippen molar-refractivity contribution >= 4 is 23.6 Å². The molecule has 5 rings (SSSR count). The van der Waals surface area contributed by atoms with E-state index in [1.807, 2.05) is 0 Å². The van der Waals surface area contributed by atoms with Crippen LogP contribution in [0, 0.1) is 0 Å². The van der Waals surface area contributed by atoms with Crippen LogP contribution in [0.25, 0.3) is 6.08 Å². The molecule has 0 spiro atoms. The van der Waals surface area contributed by atoms with Crippen LogP contribution < -0.4 is 14.8 Å². The zero-order chi connectivity index (χ0) is 32.4. The molecular formula is C31H36ClNO12. The fraction of sp³-hybridized carbons (Fsp3) is 0.452. The Morgan fingerprint density at radius 1 is 0.978 bits per heavy atom. The Morgan fingerprint density at radius 3 is 2.42 bits per heavy atom. The molecule has 13 nitrogen and oxygen atoms in total. The molecule has 244 valence electrons. The number of fused-ring (bicyclic) bond motifs is 1. The average molecular weight is 650 g/mol. The van der Waals surface area contributed by atoms with Gasteiger partial charge in [0.15, 0.2) is 11.5 Å². The predicted molar refractivity (Wildman–Crippen MR) is 158 cm³/mol. The monoisotopic (exact) mass is 649 g/mol. The van der Waals surface area contributed by atoms with Gasteiger partial charge in [-0.1, -0.05) is 23.7 Å². The van der Waals surface area contributed by atoms with E-state index in [1.165, 1.54) is 25.1 Å². The van der Waals surface area contributed by atoms with Gasteiger partial charge in [-0.15, -0.1) is 0 Å². The fourth-order valence-corrected chi connectivity index (χ4v) is 5.63. The normalized spacial score (nSPS) is 33.5. The number of benzene rings is 2. The van der Waals surface area contributed by atoms with Crippen LogP contribution in [0.1, 0.15) is 19.4 Å². The van der Waals surface area contributed by atoms with E-state index in [4.69, 9.17) is 35.3 Å². The lowest BCUT2D eigenvalue weighted by Gasteiger charge is -2.41. The third-order valence-corrected chi connectivity index (χ3v) is 8.22. The van der Waals surface area contributed by atoms with E-state index in [0.29, 0.717) is 21.9 Å². The minimum atomic E-state index is -1.49. The molecule has 45 heavy (non-hydrogen) atoms. The van der Waals surface area contributed by atoms with Gasteiger partial charge in [0.1, 0.15) is 68.0 Å². The third-order valence-electron chi connectivity index (χ3n) is 7.99. The molecule has 2 aromatic rings.